The highest BCUT2D eigenvalue weighted by Gasteiger charge is 2.23. The molecule has 0 aliphatic carbocycles. The van der Waals surface area contributed by atoms with Gasteiger partial charge in [0.05, 0.1) is 11.8 Å². The van der Waals surface area contributed by atoms with E-state index >= 15 is 0 Å². The molecule has 2 heterocycles. The molecule has 3 nitrogen and oxygen atoms in total. The molecule has 4 heteroatoms. The second-order valence-corrected chi connectivity index (χ2v) is 4.40. The van der Waals surface area contributed by atoms with Gasteiger partial charge in [-0.1, -0.05) is 6.92 Å². The third-order valence-electron chi connectivity index (χ3n) is 2.65. The van der Waals surface area contributed by atoms with Crippen LogP contribution in [0.5, 0.6) is 0 Å². The molecule has 0 spiro atoms. The van der Waals surface area contributed by atoms with Gasteiger partial charge < -0.3 is 9.64 Å². The number of methoxy groups -OCH3 is 1. The first-order valence-corrected chi connectivity index (χ1v) is 5.93. The normalized spacial score (nSPS) is 21.9. The first-order valence-electron chi connectivity index (χ1n) is 5.05. The van der Waals surface area contributed by atoms with Gasteiger partial charge in [0.25, 0.3) is 0 Å². The van der Waals surface area contributed by atoms with Gasteiger partial charge in [-0.3, -0.25) is 0 Å². The maximum absolute atomic E-state index is 5.33. The lowest BCUT2D eigenvalue weighted by atomic mass is 10.3. The monoisotopic (exact) mass is 212 g/mol. The van der Waals surface area contributed by atoms with Crippen LogP contribution in [0.3, 0.4) is 0 Å². The van der Waals surface area contributed by atoms with Crippen molar-refractivity contribution >= 4 is 16.5 Å². The third-order valence-corrected chi connectivity index (χ3v) is 3.60. The molecule has 78 valence electrons. The van der Waals surface area contributed by atoms with Crippen LogP contribution in [0.25, 0.3) is 0 Å². The standard InChI is InChI=1S/C10H16N2OS/c1-3-8-7-14-10(11-8)12-5-4-9(6-12)13-2/h7,9H,3-6H2,1-2H3/t9-/m1/s1. The summed E-state index contributed by atoms with van der Waals surface area (Å²) in [5.74, 6) is 0. The highest BCUT2D eigenvalue weighted by molar-refractivity contribution is 7.13. The predicted octanol–water partition coefficient (Wildman–Crippen LogP) is 1.93. The lowest BCUT2D eigenvalue weighted by Crippen LogP contribution is -2.21. The van der Waals surface area contributed by atoms with E-state index in [-0.39, 0.29) is 0 Å². The fraction of sp³-hybridized carbons (Fsp3) is 0.700. The number of aryl methyl sites for hydroxylation is 1. The van der Waals surface area contributed by atoms with Crippen LogP contribution in [0.2, 0.25) is 0 Å². The SMILES string of the molecule is CCc1csc(N2CC[C@@H](OC)C2)n1. The van der Waals surface area contributed by atoms with Crippen LogP contribution < -0.4 is 4.90 Å². The Balaban J connectivity index is 2.02. The van der Waals surface area contributed by atoms with E-state index in [0.29, 0.717) is 6.10 Å². The van der Waals surface area contributed by atoms with Crippen molar-refractivity contribution in [1.29, 1.82) is 0 Å². The molecule has 1 saturated heterocycles. The maximum Gasteiger partial charge on any atom is 0.185 e. The van der Waals surface area contributed by atoms with Gasteiger partial charge in [0.1, 0.15) is 0 Å². The molecular formula is C10H16N2OS. The molecule has 0 radical (unpaired) electrons. The summed E-state index contributed by atoms with van der Waals surface area (Å²) in [4.78, 5) is 6.89. The number of hydrogen-bond acceptors (Lipinski definition) is 4. The van der Waals surface area contributed by atoms with Gasteiger partial charge in [-0.2, -0.15) is 0 Å². The first-order chi connectivity index (χ1) is 6.83. The van der Waals surface area contributed by atoms with Crippen molar-refractivity contribution in [3.05, 3.63) is 11.1 Å². The fourth-order valence-electron chi connectivity index (χ4n) is 1.70. The van der Waals surface area contributed by atoms with Gasteiger partial charge in [0.2, 0.25) is 0 Å². The summed E-state index contributed by atoms with van der Waals surface area (Å²) in [7, 11) is 1.79. The van der Waals surface area contributed by atoms with Crippen LogP contribution >= 0.6 is 11.3 Å². The smallest absolute Gasteiger partial charge is 0.185 e. The molecule has 1 aliphatic heterocycles. The molecule has 2 rings (SSSR count). The van der Waals surface area contributed by atoms with Gasteiger partial charge in [-0.25, -0.2) is 4.98 Å². The minimum atomic E-state index is 0.393. The van der Waals surface area contributed by atoms with Crippen LogP contribution in [0.1, 0.15) is 19.0 Å². The molecule has 0 aromatic carbocycles. The summed E-state index contributed by atoms with van der Waals surface area (Å²) in [6.07, 6.45) is 2.54. The molecule has 0 saturated carbocycles. The molecule has 0 unspecified atom stereocenters. The van der Waals surface area contributed by atoms with E-state index in [0.717, 1.165) is 31.1 Å². The van der Waals surface area contributed by atoms with Crippen molar-refractivity contribution in [2.75, 3.05) is 25.1 Å². The molecular weight excluding hydrogens is 196 g/mol. The maximum atomic E-state index is 5.33. The average Bonchev–Trinajstić information content (AvgIpc) is 2.86. The number of thiazole rings is 1. The van der Waals surface area contributed by atoms with Gasteiger partial charge in [0, 0.05) is 25.6 Å². The second-order valence-electron chi connectivity index (χ2n) is 3.57. The Morgan fingerprint density at radius 2 is 2.57 bits per heavy atom. The predicted molar refractivity (Wildman–Crippen MR) is 59.1 cm³/mol. The largest absolute Gasteiger partial charge is 0.380 e. The quantitative estimate of drug-likeness (QED) is 0.765. The highest BCUT2D eigenvalue weighted by atomic mass is 32.1. The second kappa shape index (κ2) is 4.28. The molecule has 0 amide bonds. The van der Waals surface area contributed by atoms with Crippen molar-refractivity contribution in [2.45, 2.75) is 25.9 Å². The number of nitrogens with zero attached hydrogens (tertiary/aromatic N) is 2. The van der Waals surface area contributed by atoms with E-state index in [4.69, 9.17) is 4.74 Å². The van der Waals surface area contributed by atoms with Crippen LogP contribution in [0.4, 0.5) is 5.13 Å². The Bertz CT molecular complexity index is 300. The molecule has 0 N–H and O–H groups in total. The summed E-state index contributed by atoms with van der Waals surface area (Å²) in [6.45, 7) is 4.21. The van der Waals surface area contributed by atoms with Crippen LogP contribution in [0.15, 0.2) is 5.38 Å². The van der Waals surface area contributed by atoms with Crippen LogP contribution in [-0.4, -0.2) is 31.3 Å². The van der Waals surface area contributed by atoms with Gasteiger partial charge in [-0.05, 0) is 12.8 Å². The first kappa shape index (κ1) is 9.93. The molecule has 1 fully saturated rings. The average molecular weight is 212 g/mol. The van der Waals surface area contributed by atoms with Crippen molar-refractivity contribution in [3.8, 4) is 0 Å². The molecule has 14 heavy (non-hydrogen) atoms. The van der Waals surface area contributed by atoms with Crippen LogP contribution in [0, 0.1) is 0 Å². The van der Waals surface area contributed by atoms with E-state index in [2.05, 4.69) is 22.2 Å². The van der Waals surface area contributed by atoms with E-state index in [1.54, 1.807) is 18.4 Å². The Labute approximate surface area is 88.7 Å². The van der Waals surface area contributed by atoms with Crippen LogP contribution in [-0.2, 0) is 11.2 Å². The number of rotatable bonds is 3. The number of anilines is 1. The number of aromatic nitrogens is 1. The fourth-order valence-corrected chi connectivity index (χ4v) is 2.64. The van der Waals surface area contributed by atoms with E-state index in [1.807, 2.05) is 0 Å². The minimum Gasteiger partial charge on any atom is -0.380 e. The van der Waals surface area contributed by atoms with E-state index < -0.39 is 0 Å². The van der Waals surface area contributed by atoms with Gasteiger partial charge in [-0.15, -0.1) is 11.3 Å². The summed E-state index contributed by atoms with van der Waals surface area (Å²) < 4.78 is 5.33. The summed E-state index contributed by atoms with van der Waals surface area (Å²) in [6, 6.07) is 0. The zero-order valence-corrected chi connectivity index (χ0v) is 9.51. The highest BCUT2D eigenvalue weighted by Crippen LogP contribution is 2.25. The Kier molecular flexibility index (Phi) is 3.03. The lowest BCUT2D eigenvalue weighted by molar-refractivity contribution is 0.121. The summed E-state index contributed by atoms with van der Waals surface area (Å²) in [5, 5.41) is 3.30. The summed E-state index contributed by atoms with van der Waals surface area (Å²) in [5.41, 5.74) is 1.20. The minimum absolute atomic E-state index is 0.393. The van der Waals surface area contributed by atoms with E-state index in [9.17, 15) is 0 Å². The number of hydrogen-bond donors (Lipinski definition) is 0. The van der Waals surface area contributed by atoms with E-state index in [1.165, 1.54) is 5.69 Å². The zero-order valence-electron chi connectivity index (χ0n) is 8.69. The topological polar surface area (TPSA) is 25.4 Å². The molecule has 1 aliphatic rings. The zero-order chi connectivity index (χ0) is 9.97. The molecule has 1 atom stereocenters. The third kappa shape index (κ3) is 1.91. The Hall–Kier alpha value is -0.610. The van der Waals surface area contributed by atoms with Crippen molar-refractivity contribution in [3.63, 3.8) is 0 Å². The Morgan fingerprint density at radius 3 is 3.14 bits per heavy atom. The molecule has 0 bridgehead atoms. The Morgan fingerprint density at radius 1 is 1.71 bits per heavy atom. The van der Waals surface area contributed by atoms with Crippen molar-refractivity contribution in [2.24, 2.45) is 0 Å². The lowest BCUT2D eigenvalue weighted by Gasteiger charge is -2.13. The summed E-state index contributed by atoms with van der Waals surface area (Å²) >= 11 is 1.74. The van der Waals surface area contributed by atoms with Gasteiger partial charge >= 0.3 is 0 Å². The molecule has 1 aromatic heterocycles. The van der Waals surface area contributed by atoms with Crippen molar-refractivity contribution < 1.29 is 4.74 Å². The van der Waals surface area contributed by atoms with Gasteiger partial charge in [0.15, 0.2) is 5.13 Å². The molecule has 1 aromatic rings. The number of ether oxygens (including phenoxy) is 1. The van der Waals surface area contributed by atoms with Crippen molar-refractivity contribution in [1.82, 2.24) is 4.98 Å².